The van der Waals surface area contributed by atoms with Crippen molar-refractivity contribution in [2.75, 3.05) is 45.9 Å². The lowest BCUT2D eigenvalue weighted by Crippen LogP contribution is -2.35. The molecule has 25 heavy (non-hydrogen) atoms. The van der Waals surface area contributed by atoms with Crippen LogP contribution in [0.15, 0.2) is 0 Å². The number of ether oxygens (including phenoxy) is 1. The molecule has 3 nitrogen and oxygen atoms in total. The first-order valence-electron chi connectivity index (χ1n) is 11.4. The topological polar surface area (TPSA) is 24.5 Å². The van der Waals surface area contributed by atoms with E-state index in [9.17, 15) is 0 Å². The van der Waals surface area contributed by atoms with Gasteiger partial charge in [-0.05, 0) is 70.7 Å². The van der Waals surface area contributed by atoms with E-state index in [1.54, 1.807) is 0 Å². The van der Waals surface area contributed by atoms with Crippen molar-refractivity contribution in [3.05, 3.63) is 0 Å². The molecule has 1 saturated heterocycles. The van der Waals surface area contributed by atoms with E-state index in [0.717, 1.165) is 32.1 Å². The molecule has 0 radical (unpaired) electrons. The fourth-order valence-electron chi connectivity index (χ4n) is 3.67. The van der Waals surface area contributed by atoms with Crippen LogP contribution < -0.4 is 5.32 Å². The summed E-state index contributed by atoms with van der Waals surface area (Å²) in [5, 5.41) is 3.56. The molecule has 0 aromatic heterocycles. The molecule has 150 valence electrons. The van der Waals surface area contributed by atoms with E-state index in [-0.39, 0.29) is 0 Å². The first-order valence-corrected chi connectivity index (χ1v) is 11.4. The van der Waals surface area contributed by atoms with E-state index < -0.39 is 0 Å². The molecule has 1 fully saturated rings. The molecule has 0 aromatic rings. The number of hydrogen-bond donors (Lipinski definition) is 1. The first-order chi connectivity index (χ1) is 12.4. The minimum absolute atomic E-state index is 0.804. The second kappa shape index (κ2) is 17.3. The lowest BCUT2D eigenvalue weighted by molar-refractivity contribution is 0.0655. The van der Waals surface area contributed by atoms with Crippen LogP contribution in [0.3, 0.4) is 0 Å². The number of unbranched alkanes of at least 4 members (excludes halogenated alkanes) is 7. The fraction of sp³-hybridized carbons (Fsp3) is 1.00. The van der Waals surface area contributed by atoms with E-state index in [1.165, 1.54) is 96.8 Å². The molecular formula is C22H46N2O. The highest BCUT2D eigenvalue weighted by molar-refractivity contribution is 4.72. The Kier molecular flexibility index (Phi) is 15.9. The quantitative estimate of drug-likeness (QED) is 0.361. The Balaban J connectivity index is 1.79. The Morgan fingerprint density at radius 1 is 0.800 bits per heavy atom. The average Bonchev–Trinajstić information content (AvgIpc) is 2.64. The first kappa shape index (κ1) is 22.9. The summed E-state index contributed by atoms with van der Waals surface area (Å²) in [5.74, 6) is 0.804. The van der Waals surface area contributed by atoms with Crippen LogP contribution in [-0.2, 0) is 4.74 Å². The Labute approximate surface area is 158 Å². The number of rotatable bonds is 17. The standard InChI is InChI=1S/C22H46N2O/c1-3-5-7-8-9-10-15-23-16-12-20-25-21-22-13-18-24(19-14-22)17-11-6-4-2/h22-23H,3-21H2,1-2H3. The molecule has 1 N–H and O–H groups in total. The van der Waals surface area contributed by atoms with Gasteiger partial charge in [0.2, 0.25) is 0 Å². The molecule has 0 amide bonds. The van der Waals surface area contributed by atoms with Crippen molar-refractivity contribution in [2.45, 2.75) is 90.9 Å². The summed E-state index contributed by atoms with van der Waals surface area (Å²) in [6, 6.07) is 0. The number of likely N-dealkylation sites (tertiary alicyclic amines) is 1. The minimum atomic E-state index is 0.804. The second-order valence-corrected chi connectivity index (χ2v) is 7.94. The predicted molar refractivity (Wildman–Crippen MR) is 110 cm³/mol. The summed E-state index contributed by atoms with van der Waals surface area (Å²) in [7, 11) is 0. The van der Waals surface area contributed by atoms with Crippen LogP contribution in [0.1, 0.15) is 90.9 Å². The van der Waals surface area contributed by atoms with Crippen LogP contribution in [0.4, 0.5) is 0 Å². The third-order valence-electron chi connectivity index (χ3n) is 5.49. The maximum absolute atomic E-state index is 5.92. The molecule has 0 aliphatic carbocycles. The molecule has 1 rings (SSSR count). The van der Waals surface area contributed by atoms with Crippen molar-refractivity contribution in [2.24, 2.45) is 5.92 Å². The van der Waals surface area contributed by atoms with Gasteiger partial charge in [-0.2, -0.15) is 0 Å². The molecule has 1 aliphatic heterocycles. The second-order valence-electron chi connectivity index (χ2n) is 7.94. The third kappa shape index (κ3) is 13.7. The molecular weight excluding hydrogens is 308 g/mol. The van der Waals surface area contributed by atoms with Crippen LogP contribution in [-0.4, -0.2) is 50.8 Å². The van der Waals surface area contributed by atoms with Gasteiger partial charge >= 0.3 is 0 Å². The monoisotopic (exact) mass is 354 g/mol. The molecule has 0 unspecified atom stereocenters. The Morgan fingerprint density at radius 2 is 1.44 bits per heavy atom. The highest BCUT2D eigenvalue weighted by Crippen LogP contribution is 2.18. The number of piperidine rings is 1. The van der Waals surface area contributed by atoms with Gasteiger partial charge in [0.05, 0.1) is 0 Å². The van der Waals surface area contributed by atoms with Crippen molar-refractivity contribution in [1.29, 1.82) is 0 Å². The predicted octanol–water partition coefficient (Wildman–Crippen LogP) is 5.25. The van der Waals surface area contributed by atoms with Gasteiger partial charge in [-0.1, -0.05) is 58.8 Å². The normalized spacial score (nSPS) is 16.6. The Bertz CT molecular complexity index is 265. The van der Waals surface area contributed by atoms with E-state index in [0.29, 0.717) is 0 Å². The third-order valence-corrected chi connectivity index (χ3v) is 5.49. The lowest BCUT2D eigenvalue weighted by Gasteiger charge is -2.31. The summed E-state index contributed by atoms with van der Waals surface area (Å²) in [5.41, 5.74) is 0. The largest absolute Gasteiger partial charge is 0.381 e. The van der Waals surface area contributed by atoms with E-state index in [1.807, 2.05) is 0 Å². The van der Waals surface area contributed by atoms with Gasteiger partial charge in [0.15, 0.2) is 0 Å². The maximum atomic E-state index is 5.92. The average molecular weight is 355 g/mol. The number of nitrogens with zero attached hydrogens (tertiary/aromatic N) is 1. The van der Waals surface area contributed by atoms with Crippen molar-refractivity contribution >= 4 is 0 Å². The summed E-state index contributed by atoms with van der Waals surface area (Å²) in [4.78, 5) is 2.65. The molecule has 0 aromatic carbocycles. The van der Waals surface area contributed by atoms with Gasteiger partial charge < -0.3 is 15.0 Å². The molecule has 3 heteroatoms. The van der Waals surface area contributed by atoms with Gasteiger partial charge in [0, 0.05) is 13.2 Å². The molecule has 1 heterocycles. The van der Waals surface area contributed by atoms with Crippen LogP contribution in [0.25, 0.3) is 0 Å². The van der Waals surface area contributed by atoms with Crippen molar-refractivity contribution in [3.8, 4) is 0 Å². The molecule has 1 aliphatic rings. The highest BCUT2D eigenvalue weighted by Gasteiger charge is 2.18. The summed E-state index contributed by atoms with van der Waals surface area (Å²) >= 11 is 0. The van der Waals surface area contributed by atoms with E-state index in [4.69, 9.17) is 4.74 Å². The van der Waals surface area contributed by atoms with Gasteiger partial charge in [-0.25, -0.2) is 0 Å². The number of hydrogen-bond acceptors (Lipinski definition) is 3. The molecule has 0 spiro atoms. The lowest BCUT2D eigenvalue weighted by atomic mass is 9.97. The maximum Gasteiger partial charge on any atom is 0.0495 e. The van der Waals surface area contributed by atoms with Crippen molar-refractivity contribution in [1.82, 2.24) is 10.2 Å². The zero-order valence-corrected chi connectivity index (χ0v) is 17.4. The van der Waals surface area contributed by atoms with Gasteiger partial charge in [0.1, 0.15) is 0 Å². The Hall–Kier alpha value is -0.120. The van der Waals surface area contributed by atoms with Gasteiger partial charge in [-0.3, -0.25) is 0 Å². The highest BCUT2D eigenvalue weighted by atomic mass is 16.5. The van der Waals surface area contributed by atoms with Crippen molar-refractivity contribution < 1.29 is 4.74 Å². The molecule has 0 atom stereocenters. The fourth-order valence-corrected chi connectivity index (χ4v) is 3.67. The summed E-state index contributed by atoms with van der Waals surface area (Å²) in [6.07, 6.45) is 16.2. The zero-order chi connectivity index (χ0) is 18.0. The van der Waals surface area contributed by atoms with Crippen LogP contribution in [0.2, 0.25) is 0 Å². The molecule has 0 bridgehead atoms. The SMILES string of the molecule is CCCCCCCCNCCCOCC1CCN(CCCCC)CC1. The van der Waals surface area contributed by atoms with Gasteiger partial charge in [-0.15, -0.1) is 0 Å². The van der Waals surface area contributed by atoms with Crippen LogP contribution in [0.5, 0.6) is 0 Å². The smallest absolute Gasteiger partial charge is 0.0495 e. The van der Waals surface area contributed by atoms with Crippen LogP contribution in [0, 0.1) is 5.92 Å². The van der Waals surface area contributed by atoms with E-state index in [2.05, 4.69) is 24.1 Å². The molecule has 0 saturated carbocycles. The minimum Gasteiger partial charge on any atom is -0.381 e. The van der Waals surface area contributed by atoms with Crippen LogP contribution >= 0.6 is 0 Å². The number of nitrogens with one attached hydrogen (secondary N) is 1. The zero-order valence-electron chi connectivity index (χ0n) is 17.4. The summed E-state index contributed by atoms with van der Waals surface area (Å²) in [6.45, 7) is 12.7. The summed E-state index contributed by atoms with van der Waals surface area (Å²) < 4.78 is 5.92. The van der Waals surface area contributed by atoms with Crippen molar-refractivity contribution in [3.63, 3.8) is 0 Å². The van der Waals surface area contributed by atoms with Gasteiger partial charge in [0.25, 0.3) is 0 Å². The Morgan fingerprint density at radius 3 is 2.20 bits per heavy atom. The van der Waals surface area contributed by atoms with E-state index >= 15 is 0 Å².